The Morgan fingerprint density at radius 1 is 0.544 bits per heavy atom. The van der Waals surface area contributed by atoms with Gasteiger partial charge >= 0.3 is 0 Å². The molecule has 0 aliphatic carbocycles. The molecule has 57 heavy (non-hydrogen) atoms. The summed E-state index contributed by atoms with van der Waals surface area (Å²) in [6, 6.07) is 63.8. The van der Waals surface area contributed by atoms with Crippen molar-refractivity contribution >= 4 is 74.3 Å². The van der Waals surface area contributed by atoms with Crippen LogP contribution in [0.3, 0.4) is 0 Å². The van der Waals surface area contributed by atoms with E-state index in [0.29, 0.717) is 11.4 Å². The third-order valence-corrected chi connectivity index (χ3v) is 10.9. The normalized spacial score (nSPS) is 12.1. The average Bonchev–Trinajstić information content (AvgIpc) is 3.81. The Morgan fingerprint density at radius 2 is 1.19 bits per heavy atom. The average molecular weight is 751 g/mol. The molecule has 6 heteroatoms. The Labute approximate surface area is 334 Å². The topological polar surface area (TPSA) is 66.6 Å². The van der Waals surface area contributed by atoms with Gasteiger partial charge < -0.3 is 8.98 Å². The Hall–Kier alpha value is -7.28. The van der Waals surface area contributed by atoms with Crippen LogP contribution in [0.5, 0.6) is 0 Å². The standard InChI is InChI=1S/C51H34N4OS/c52-50(54-51(36-14-5-2-6-15-36)53-32-33-12-3-1-4-13-33)37-26-29-46-43(30-37)49-40(18-11-21-47(49)56-46)35-24-22-34(23-25-35)39-28-27-38(31-48(39)57)55-44-19-9-7-16-41(44)42-17-8-10-20-45(42)55/h1-32,52,57H/b52-50?,53-32+,54-51-. The summed E-state index contributed by atoms with van der Waals surface area (Å²) in [4.78, 5) is 10.4. The van der Waals surface area contributed by atoms with Crippen LogP contribution in [0.15, 0.2) is 207 Å². The highest BCUT2D eigenvalue weighted by Gasteiger charge is 2.16. The van der Waals surface area contributed by atoms with E-state index in [0.717, 1.165) is 65.9 Å². The van der Waals surface area contributed by atoms with E-state index in [1.54, 1.807) is 6.21 Å². The van der Waals surface area contributed by atoms with Crippen LogP contribution >= 0.6 is 12.6 Å². The number of hydrogen-bond acceptors (Lipinski definition) is 3. The first kappa shape index (κ1) is 34.2. The maximum Gasteiger partial charge on any atom is 0.161 e. The summed E-state index contributed by atoms with van der Waals surface area (Å²) in [5.74, 6) is 0.581. The highest BCUT2D eigenvalue weighted by atomic mass is 32.1. The summed E-state index contributed by atoms with van der Waals surface area (Å²) < 4.78 is 8.66. The molecule has 10 rings (SSSR count). The molecule has 5 nitrogen and oxygen atoms in total. The molecule has 0 aliphatic heterocycles. The van der Waals surface area contributed by atoms with Crippen molar-refractivity contribution in [2.75, 3.05) is 0 Å². The van der Waals surface area contributed by atoms with Gasteiger partial charge in [-0.05, 0) is 76.3 Å². The molecular weight excluding hydrogens is 717 g/mol. The lowest BCUT2D eigenvalue weighted by Gasteiger charge is -2.12. The van der Waals surface area contributed by atoms with Crippen LogP contribution in [0, 0.1) is 5.41 Å². The fourth-order valence-corrected chi connectivity index (χ4v) is 8.08. The van der Waals surface area contributed by atoms with Gasteiger partial charge in [0, 0.05) is 49.5 Å². The lowest BCUT2D eigenvalue weighted by Crippen LogP contribution is -2.04. The van der Waals surface area contributed by atoms with Gasteiger partial charge in [0.2, 0.25) is 0 Å². The molecule has 0 radical (unpaired) electrons. The molecule has 0 fully saturated rings. The molecule has 2 aromatic heterocycles. The number of furan rings is 1. The van der Waals surface area contributed by atoms with E-state index < -0.39 is 0 Å². The van der Waals surface area contributed by atoms with Crippen molar-refractivity contribution in [1.29, 1.82) is 5.41 Å². The molecule has 0 aliphatic rings. The molecule has 270 valence electrons. The minimum Gasteiger partial charge on any atom is -0.456 e. The van der Waals surface area contributed by atoms with Gasteiger partial charge in [-0.15, -0.1) is 12.6 Å². The zero-order valence-corrected chi connectivity index (χ0v) is 31.6. The third kappa shape index (κ3) is 6.32. The molecular formula is C51H34N4OS. The second kappa shape index (κ2) is 14.4. The van der Waals surface area contributed by atoms with Crippen molar-refractivity contribution in [3.63, 3.8) is 0 Å². The number of nitrogens with zero attached hydrogens (tertiary/aromatic N) is 3. The summed E-state index contributed by atoms with van der Waals surface area (Å²) in [6.07, 6.45) is 1.78. The maximum atomic E-state index is 9.09. The van der Waals surface area contributed by atoms with E-state index in [9.17, 15) is 0 Å². The monoisotopic (exact) mass is 750 g/mol. The number of fused-ring (bicyclic) bond motifs is 6. The van der Waals surface area contributed by atoms with Crippen LogP contribution in [0.2, 0.25) is 0 Å². The molecule has 0 unspecified atom stereocenters. The number of aliphatic imine (C=N–C) groups is 2. The predicted octanol–water partition coefficient (Wildman–Crippen LogP) is 13.2. The number of aromatic nitrogens is 1. The molecule has 0 amide bonds. The van der Waals surface area contributed by atoms with Gasteiger partial charge in [-0.3, -0.25) is 5.41 Å². The predicted molar refractivity (Wildman–Crippen MR) is 240 cm³/mol. The molecule has 0 saturated carbocycles. The van der Waals surface area contributed by atoms with Gasteiger partial charge in [-0.2, -0.15) is 0 Å². The highest BCUT2D eigenvalue weighted by Crippen LogP contribution is 2.39. The Bertz CT molecular complexity index is 3140. The Kier molecular flexibility index (Phi) is 8.66. The molecule has 1 N–H and O–H groups in total. The molecule has 10 aromatic rings. The van der Waals surface area contributed by atoms with Gasteiger partial charge in [-0.25, -0.2) is 9.98 Å². The van der Waals surface area contributed by atoms with E-state index in [4.69, 9.17) is 32.4 Å². The zero-order chi connectivity index (χ0) is 38.3. The smallest absolute Gasteiger partial charge is 0.161 e. The van der Waals surface area contributed by atoms with E-state index in [2.05, 4.69) is 102 Å². The maximum absolute atomic E-state index is 9.09. The van der Waals surface area contributed by atoms with Gasteiger partial charge in [0.1, 0.15) is 11.2 Å². The Morgan fingerprint density at radius 3 is 1.89 bits per heavy atom. The second-order valence-corrected chi connectivity index (χ2v) is 14.4. The van der Waals surface area contributed by atoms with Crippen LogP contribution in [0.1, 0.15) is 16.7 Å². The molecule has 0 atom stereocenters. The fourth-order valence-electron chi connectivity index (χ4n) is 7.75. The lowest BCUT2D eigenvalue weighted by molar-refractivity contribution is 0.669. The lowest BCUT2D eigenvalue weighted by atomic mass is 9.96. The van der Waals surface area contributed by atoms with Crippen LogP contribution in [0.4, 0.5) is 0 Å². The molecule has 0 bridgehead atoms. The van der Waals surface area contributed by atoms with E-state index in [-0.39, 0.29) is 5.84 Å². The SMILES string of the molecule is N=C(/N=C(\N=C\c1ccccc1)c1ccccc1)c1ccc2oc3cccc(-c4ccc(-c5ccc(-n6c7ccccc7c7ccccc76)cc5S)cc4)c3c2c1. The molecule has 8 aromatic carbocycles. The van der Waals surface area contributed by atoms with Gasteiger partial charge in [0.05, 0.1) is 11.0 Å². The number of rotatable bonds is 6. The Balaban J connectivity index is 0.986. The summed E-state index contributed by atoms with van der Waals surface area (Å²) in [5, 5.41) is 13.5. The summed E-state index contributed by atoms with van der Waals surface area (Å²) in [7, 11) is 0. The first-order valence-corrected chi connectivity index (χ1v) is 19.2. The summed E-state index contributed by atoms with van der Waals surface area (Å²) >= 11 is 5.01. The van der Waals surface area contributed by atoms with Crippen LogP contribution in [0.25, 0.3) is 71.7 Å². The van der Waals surface area contributed by atoms with Gasteiger partial charge in [0.15, 0.2) is 11.7 Å². The number of hydrogen-bond donors (Lipinski definition) is 2. The zero-order valence-electron chi connectivity index (χ0n) is 30.7. The number of benzene rings is 8. The largest absolute Gasteiger partial charge is 0.456 e. The number of amidine groups is 2. The minimum absolute atomic E-state index is 0.115. The van der Waals surface area contributed by atoms with E-state index in [1.807, 2.05) is 91.0 Å². The number of nitrogens with one attached hydrogen (secondary N) is 1. The molecule has 0 saturated heterocycles. The first-order valence-electron chi connectivity index (χ1n) is 18.8. The minimum atomic E-state index is 0.115. The van der Waals surface area contributed by atoms with Crippen LogP contribution in [-0.4, -0.2) is 22.5 Å². The van der Waals surface area contributed by atoms with Crippen LogP contribution < -0.4 is 0 Å². The van der Waals surface area contributed by atoms with Gasteiger partial charge in [0.25, 0.3) is 0 Å². The van der Waals surface area contributed by atoms with Crippen molar-refractivity contribution in [1.82, 2.24) is 4.57 Å². The van der Waals surface area contributed by atoms with Crippen molar-refractivity contribution in [2.24, 2.45) is 9.98 Å². The summed E-state index contributed by atoms with van der Waals surface area (Å²) in [5.41, 5.74) is 11.7. The van der Waals surface area contributed by atoms with E-state index >= 15 is 0 Å². The van der Waals surface area contributed by atoms with Crippen molar-refractivity contribution in [2.45, 2.75) is 4.90 Å². The second-order valence-electron chi connectivity index (χ2n) is 14.0. The fraction of sp³-hybridized carbons (Fsp3) is 0. The van der Waals surface area contributed by atoms with Gasteiger partial charge in [-0.1, -0.05) is 140 Å². The molecule has 2 heterocycles. The summed E-state index contributed by atoms with van der Waals surface area (Å²) in [6.45, 7) is 0. The van der Waals surface area contributed by atoms with Crippen molar-refractivity contribution in [3.05, 3.63) is 205 Å². The van der Waals surface area contributed by atoms with Crippen LogP contribution in [-0.2, 0) is 0 Å². The third-order valence-electron chi connectivity index (χ3n) is 10.5. The van der Waals surface area contributed by atoms with Crippen molar-refractivity contribution < 1.29 is 4.42 Å². The first-order chi connectivity index (χ1) is 28.1. The number of para-hydroxylation sites is 2. The highest BCUT2D eigenvalue weighted by molar-refractivity contribution is 7.80. The van der Waals surface area contributed by atoms with E-state index in [1.165, 1.54) is 21.8 Å². The quantitative estimate of drug-likeness (QED) is 0.0992. The number of thiol groups is 1. The van der Waals surface area contributed by atoms with Crippen molar-refractivity contribution in [3.8, 4) is 27.9 Å². The molecule has 0 spiro atoms.